The molecule has 0 atom stereocenters. The molecule has 0 amide bonds. The molecule has 0 saturated heterocycles. The van der Waals surface area contributed by atoms with E-state index in [1.807, 2.05) is 36.4 Å². The highest BCUT2D eigenvalue weighted by atomic mass is 19.4. The molecule has 0 N–H and O–H groups in total. The van der Waals surface area contributed by atoms with Crippen LogP contribution in [0.1, 0.15) is 22.3 Å². The fourth-order valence-corrected chi connectivity index (χ4v) is 8.99. The molecule has 0 bridgehead atoms. The second-order valence-electron chi connectivity index (χ2n) is 16.6. The van der Waals surface area contributed by atoms with Crippen LogP contribution in [0, 0.1) is 0 Å². The average molecular weight is 965 g/mol. The predicted octanol–water partition coefficient (Wildman–Crippen LogP) is 18.8. The van der Waals surface area contributed by atoms with Crippen LogP contribution in [0.15, 0.2) is 179 Å². The summed E-state index contributed by atoms with van der Waals surface area (Å²) in [5, 5.41) is 5.53. The second kappa shape index (κ2) is 15.7. The Morgan fingerprint density at radius 3 is 0.743 bits per heavy atom. The fourth-order valence-electron chi connectivity index (χ4n) is 8.99. The van der Waals surface area contributed by atoms with Gasteiger partial charge in [-0.2, -0.15) is 52.7 Å². The molecule has 4 nitrogen and oxygen atoms in total. The first-order valence-corrected chi connectivity index (χ1v) is 21.2. The van der Waals surface area contributed by atoms with E-state index >= 15 is 0 Å². The van der Waals surface area contributed by atoms with Gasteiger partial charge in [-0.25, -0.2) is 0 Å². The van der Waals surface area contributed by atoms with Crippen molar-refractivity contribution in [3.05, 3.63) is 192 Å². The van der Waals surface area contributed by atoms with E-state index in [0.717, 1.165) is 70.1 Å². The molecular weight excluding hydrogens is 937 g/mol. The lowest BCUT2D eigenvalue weighted by Gasteiger charge is -2.26. The maximum Gasteiger partial charge on any atom is 0.416 e. The lowest BCUT2D eigenvalue weighted by molar-refractivity contribution is -0.138. The van der Waals surface area contributed by atoms with Crippen LogP contribution < -0.4 is 9.80 Å². The fraction of sp³-hybridized carbons (Fsp3) is 0.0741. The Morgan fingerprint density at radius 2 is 0.471 bits per heavy atom. The Bertz CT molecular complexity index is 3450. The Kier molecular flexibility index (Phi) is 9.95. The molecule has 0 radical (unpaired) electrons. The van der Waals surface area contributed by atoms with E-state index in [2.05, 4.69) is 0 Å². The van der Waals surface area contributed by atoms with Crippen molar-refractivity contribution in [2.45, 2.75) is 24.7 Å². The molecular formula is C54H28F12N2O2. The third-order valence-electron chi connectivity index (χ3n) is 12.3. The summed E-state index contributed by atoms with van der Waals surface area (Å²) in [6.07, 6.45) is -18.4. The van der Waals surface area contributed by atoms with E-state index in [9.17, 15) is 52.7 Å². The molecule has 0 saturated carbocycles. The highest BCUT2D eigenvalue weighted by molar-refractivity contribution is 6.24. The molecule has 70 heavy (non-hydrogen) atoms. The van der Waals surface area contributed by atoms with Crippen LogP contribution in [0.5, 0.6) is 0 Å². The van der Waals surface area contributed by atoms with Crippen molar-refractivity contribution in [2.75, 3.05) is 9.80 Å². The SMILES string of the molecule is FC(F)(F)c1ccc(N(c2ccc(C(F)(F)F)cc2)c2ccc3c(ccc4c5ccc6c7ccc8cc(N(c9ccc(C(F)(F)F)cc9)c9ccc(C(F)(F)F)cc9)ccc8c7oc6c5oc34)c2)cc1. The molecule has 16 heteroatoms. The third kappa shape index (κ3) is 7.63. The van der Waals surface area contributed by atoms with Crippen molar-refractivity contribution in [2.24, 2.45) is 0 Å². The van der Waals surface area contributed by atoms with Crippen molar-refractivity contribution < 1.29 is 61.5 Å². The zero-order chi connectivity index (χ0) is 49.1. The molecule has 11 aromatic rings. The van der Waals surface area contributed by atoms with Gasteiger partial charge in [-0.1, -0.05) is 12.1 Å². The van der Waals surface area contributed by atoms with Gasteiger partial charge in [-0.05, 0) is 168 Å². The van der Waals surface area contributed by atoms with E-state index in [-0.39, 0.29) is 22.7 Å². The van der Waals surface area contributed by atoms with Crippen LogP contribution in [0.25, 0.3) is 65.4 Å². The van der Waals surface area contributed by atoms with E-state index in [1.54, 1.807) is 46.2 Å². The number of hydrogen-bond donors (Lipinski definition) is 0. The Hall–Kier alpha value is -8.14. The normalized spacial score (nSPS) is 12.9. The molecule has 0 fully saturated rings. The van der Waals surface area contributed by atoms with Crippen LogP contribution in [0.4, 0.5) is 86.8 Å². The van der Waals surface area contributed by atoms with Gasteiger partial charge in [0, 0.05) is 66.4 Å². The van der Waals surface area contributed by atoms with Gasteiger partial charge in [-0.15, -0.1) is 0 Å². The number of furan rings is 2. The average Bonchev–Trinajstić information content (AvgIpc) is 3.91. The minimum Gasteiger partial charge on any atom is -0.451 e. The summed E-state index contributed by atoms with van der Waals surface area (Å²) >= 11 is 0. The van der Waals surface area contributed by atoms with E-state index < -0.39 is 47.0 Å². The van der Waals surface area contributed by atoms with Crippen LogP contribution in [-0.2, 0) is 24.7 Å². The smallest absolute Gasteiger partial charge is 0.416 e. The lowest BCUT2D eigenvalue weighted by Crippen LogP contribution is -2.12. The molecule has 2 aromatic heterocycles. The number of alkyl halides is 12. The summed E-state index contributed by atoms with van der Waals surface area (Å²) in [4.78, 5) is 3.10. The topological polar surface area (TPSA) is 32.8 Å². The van der Waals surface area contributed by atoms with Crippen molar-refractivity contribution in [3.63, 3.8) is 0 Å². The van der Waals surface area contributed by atoms with Gasteiger partial charge in [0.1, 0.15) is 11.2 Å². The highest BCUT2D eigenvalue weighted by Gasteiger charge is 2.34. The number of halogens is 12. The maximum absolute atomic E-state index is 13.5. The number of anilines is 6. The highest BCUT2D eigenvalue weighted by Crippen LogP contribution is 2.46. The molecule has 0 aliphatic carbocycles. The van der Waals surface area contributed by atoms with Gasteiger partial charge in [0.15, 0.2) is 11.2 Å². The summed E-state index contributed by atoms with van der Waals surface area (Å²) in [7, 11) is 0. The van der Waals surface area contributed by atoms with Gasteiger partial charge in [0.2, 0.25) is 0 Å². The van der Waals surface area contributed by atoms with Crippen LogP contribution in [0.3, 0.4) is 0 Å². The summed E-state index contributed by atoms with van der Waals surface area (Å²) in [6, 6.07) is 38.7. The molecule has 0 aliphatic rings. The van der Waals surface area contributed by atoms with E-state index in [4.69, 9.17) is 8.83 Å². The first-order valence-electron chi connectivity index (χ1n) is 21.2. The summed E-state index contributed by atoms with van der Waals surface area (Å²) in [5.41, 5.74) is 0.221. The minimum atomic E-state index is -4.61. The van der Waals surface area contributed by atoms with Crippen molar-refractivity contribution in [1.82, 2.24) is 0 Å². The van der Waals surface area contributed by atoms with Gasteiger partial charge >= 0.3 is 24.7 Å². The number of hydrogen-bond acceptors (Lipinski definition) is 4. The zero-order valence-corrected chi connectivity index (χ0v) is 35.4. The first-order chi connectivity index (χ1) is 33.2. The minimum absolute atomic E-state index is 0.267. The van der Waals surface area contributed by atoms with Crippen molar-refractivity contribution >= 4 is 99.5 Å². The number of benzene rings is 9. The molecule has 2 heterocycles. The molecule has 0 unspecified atom stereocenters. The maximum atomic E-state index is 13.5. The van der Waals surface area contributed by atoms with E-state index in [0.29, 0.717) is 55.3 Å². The number of rotatable bonds is 6. The Balaban J connectivity index is 1.00. The summed E-state index contributed by atoms with van der Waals surface area (Å²) in [6.45, 7) is 0. The molecule has 0 spiro atoms. The van der Waals surface area contributed by atoms with Crippen LogP contribution in [0.2, 0.25) is 0 Å². The van der Waals surface area contributed by atoms with Crippen molar-refractivity contribution in [1.29, 1.82) is 0 Å². The second-order valence-corrected chi connectivity index (χ2v) is 16.6. The molecule has 350 valence electrons. The summed E-state index contributed by atoms with van der Waals surface area (Å²) in [5.74, 6) is 0. The monoisotopic (exact) mass is 964 g/mol. The van der Waals surface area contributed by atoms with Gasteiger partial charge in [0.25, 0.3) is 0 Å². The molecule has 9 aromatic carbocycles. The lowest BCUT2D eigenvalue weighted by atomic mass is 10.0. The molecule has 11 rings (SSSR count). The van der Waals surface area contributed by atoms with Gasteiger partial charge < -0.3 is 18.6 Å². The van der Waals surface area contributed by atoms with Crippen LogP contribution in [-0.4, -0.2) is 0 Å². The van der Waals surface area contributed by atoms with Crippen molar-refractivity contribution in [3.8, 4) is 0 Å². The summed E-state index contributed by atoms with van der Waals surface area (Å²) < 4.78 is 176. The number of nitrogens with zero attached hydrogens (tertiary/aromatic N) is 2. The van der Waals surface area contributed by atoms with Gasteiger partial charge in [-0.3, -0.25) is 0 Å². The molecule has 0 aliphatic heterocycles. The first kappa shape index (κ1) is 44.4. The zero-order valence-electron chi connectivity index (χ0n) is 35.4. The third-order valence-corrected chi connectivity index (χ3v) is 12.3. The Labute approximate surface area is 386 Å². The standard InChI is InChI=1S/C54H28F12N2O2/c55-51(56,57)31-3-11-35(12-4-31)67(36-13-5-32(6-14-36)52(58,59)60)39-19-23-41-29(27-39)1-21-43-45-25-26-46-44-22-2-30-28-40(20-24-42(30)48(44)70-50(46)49(45)69-47(41)43)68(37-15-7-33(8-16-37)53(61,62)63)38-17-9-34(10-18-38)54(64,65)66/h1-28H. The quantitative estimate of drug-likeness (QED) is 0.156. The predicted molar refractivity (Wildman–Crippen MR) is 245 cm³/mol. The Morgan fingerprint density at radius 1 is 0.243 bits per heavy atom. The van der Waals surface area contributed by atoms with E-state index in [1.165, 1.54) is 48.5 Å². The van der Waals surface area contributed by atoms with Gasteiger partial charge in [0.05, 0.1) is 22.3 Å². The van der Waals surface area contributed by atoms with Crippen LogP contribution >= 0.6 is 0 Å². The number of fused-ring (bicyclic) bond motifs is 11. The largest absolute Gasteiger partial charge is 0.451 e.